The van der Waals surface area contributed by atoms with Crippen LogP contribution in [-0.2, 0) is 36.8 Å². The molecule has 3 aliphatic heterocycles. The van der Waals surface area contributed by atoms with Crippen molar-refractivity contribution in [1.82, 2.24) is 25.3 Å². The van der Waals surface area contributed by atoms with Crippen LogP contribution in [-0.4, -0.2) is 125 Å². The molecule has 0 aromatic heterocycles. The molecule has 2 aromatic rings. The quantitative estimate of drug-likeness (QED) is 0.0994. The van der Waals surface area contributed by atoms with E-state index in [2.05, 4.69) is 15.5 Å². The highest BCUT2D eigenvalue weighted by Crippen LogP contribution is 2.33. The van der Waals surface area contributed by atoms with Crippen LogP contribution in [0.3, 0.4) is 0 Å². The average molecular weight is 776 g/mol. The van der Waals surface area contributed by atoms with Crippen LogP contribution in [0.25, 0.3) is 0 Å². The SMILES string of the molecule is CCCN(CCO)C(=O)CN1CC2CC(C1)N2C(=O)C(CCCCN)NC(=O)C(CC(=O)C(Cc1ccccc1)NC(=O)C(N)Cc1ccccc1)CC(C)C. The van der Waals surface area contributed by atoms with Crippen molar-refractivity contribution >= 4 is 29.4 Å². The average Bonchev–Trinajstić information content (AvgIpc) is 3.17. The number of nitrogens with zero attached hydrogens (tertiary/aromatic N) is 3. The van der Waals surface area contributed by atoms with Gasteiger partial charge in [-0.3, -0.25) is 28.9 Å². The molecule has 0 saturated carbocycles. The van der Waals surface area contributed by atoms with Crippen LogP contribution in [0.5, 0.6) is 0 Å². The Labute approximate surface area is 332 Å². The largest absolute Gasteiger partial charge is 0.395 e. The van der Waals surface area contributed by atoms with E-state index in [0.29, 0.717) is 64.8 Å². The zero-order valence-corrected chi connectivity index (χ0v) is 33.6. The number of nitrogens with one attached hydrogen (secondary N) is 2. The second-order valence-electron chi connectivity index (χ2n) is 16.0. The lowest BCUT2D eigenvalue weighted by Gasteiger charge is -2.57. The molecule has 0 radical (unpaired) electrons. The van der Waals surface area contributed by atoms with Crippen molar-refractivity contribution in [1.29, 1.82) is 0 Å². The Morgan fingerprint density at radius 1 is 0.857 bits per heavy atom. The fraction of sp³-hybridized carbons (Fsp3) is 0.605. The van der Waals surface area contributed by atoms with Gasteiger partial charge in [-0.2, -0.15) is 0 Å². The molecular formula is C43H65N7O6. The molecule has 3 saturated heterocycles. The van der Waals surface area contributed by atoms with Gasteiger partial charge >= 0.3 is 0 Å². The maximum absolute atomic E-state index is 14.2. The highest BCUT2D eigenvalue weighted by atomic mass is 16.3. The van der Waals surface area contributed by atoms with E-state index < -0.39 is 30.0 Å². The highest BCUT2D eigenvalue weighted by Gasteiger charge is 2.49. The second kappa shape index (κ2) is 22.5. The lowest BCUT2D eigenvalue weighted by molar-refractivity contribution is -0.159. The summed E-state index contributed by atoms with van der Waals surface area (Å²) in [7, 11) is 0. The number of hydrogen-bond donors (Lipinski definition) is 5. The van der Waals surface area contributed by atoms with Gasteiger partial charge in [0, 0.05) is 50.6 Å². The van der Waals surface area contributed by atoms with E-state index in [1.165, 1.54) is 0 Å². The number of aliphatic hydroxyl groups is 1. The molecule has 0 spiro atoms. The number of carbonyl (C=O) groups excluding carboxylic acids is 5. The Hall–Kier alpha value is -4.17. The predicted molar refractivity (Wildman–Crippen MR) is 217 cm³/mol. The zero-order valence-electron chi connectivity index (χ0n) is 33.6. The van der Waals surface area contributed by atoms with Crippen LogP contribution >= 0.6 is 0 Å². The van der Waals surface area contributed by atoms with Crippen LogP contribution in [0.2, 0.25) is 0 Å². The maximum atomic E-state index is 14.2. The monoisotopic (exact) mass is 775 g/mol. The molecule has 7 N–H and O–H groups in total. The third-order valence-electron chi connectivity index (χ3n) is 10.9. The summed E-state index contributed by atoms with van der Waals surface area (Å²) < 4.78 is 0. The highest BCUT2D eigenvalue weighted by molar-refractivity contribution is 5.95. The number of unbranched alkanes of at least 4 members (excludes halogenated alkanes) is 1. The van der Waals surface area contributed by atoms with Crippen LogP contribution in [0.1, 0.15) is 76.8 Å². The van der Waals surface area contributed by atoms with E-state index in [0.717, 1.165) is 24.0 Å². The van der Waals surface area contributed by atoms with Gasteiger partial charge in [0.2, 0.25) is 23.6 Å². The molecular weight excluding hydrogens is 711 g/mol. The van der Waals surface area contributed by atoms with Gasteiger partial charge in [-0.15, -0.1) is 0 Å². The summed E-state index contributed by atoms with van der Waals surface area (Å²) in [5.41, 5.74) is 13.9. The molecule has 3 fully saturated rings. The summed E-state index contributed by atoms with van der Waals surface area (Å²) in [5.74, 6) is -1.88. The lowest BCUT2D eigenvalue weighted by Crippen LogP contribution is -2.72. The number of Topliss-reactive ketones (excluding diaryl/α,β-unsaturated/α-hetero) is 1. The Morgan fingerprint density at radius 3 is 2.04 bits per heavy atom. The number of fused-ring (bicyclic) bond motifs is 2. The number of aliphatic hydroxyl groups excluding tert-OH is 1. The van der Waals surface area contributed by atoms with Gasteiger partial charge in [0.15, 0.2) is 5.78 Å². The number of piperazine rings is 1. The first kappa shape index (κ1) is 44.5. The smallest absolute Gasteiger partial charge is 0.245 e. The molecule has 2 bridgehead atoms. The molecule has 308 valence electrons. The third-order valence-corrected chi connectivity index (χ3v) is 10.9. The maximum Gasteiger partial charge on any atom is 0.245 e. The number of nitrogens with two attached hydrogens (primary N) is 2. The molecule has 56 heavy (non-hydrogen) atoms. The molecule has 2 aromatic carbocycles. The zero-order chi connectivity index (χ0) is 40.6. The van der Waals surface area contributed by atoms with Gasteiger partial charge in [0.05, 0.1) is 25.2 Å². The van der Waals surface area contributed by atoms with E-state index in [-0.39, 0.29) is 67.5 Å². The van der Waals surface area contributed by atoms with Crippen molar-refractivity contribution in [3.63, 3.8) is 0 Å². The first-order chi connectivity index (χ1) is 26.9. The van der Waals surface area contributed by atoms with E-state index in [4.69, 9.17) is 11.5 Å². The Morgan fingerprint density at radius 2 is 1.46 bits per heavy atom. The summed E-state index contributed by atoms with van der Waals surface area (Å²) in [6, 6.07) is 16.2. The summed E-state index contributed by atoms with van der Waals surface area (Å²) in [6.07, 6.45) is 4.28. The molecule has 4 amide bonds. The third kappa shape index (κ3) is 13.2. The number of benzene rings is 2. The number of hydrogen-bond acceptors (Lipinski definition) is 9. The molecule has 6 unspecified atom stereocenters. The molecule has 6 atom stereocenters. The van der Waals surface area contributed by atoms with Crippen molar-refractivity contribution in [3.8, 4) is 0 Å². The molecule has 3 aliphatic rings. The van der Waals surface area contributed by atoms with E-state index >= 15 is 0 Å². The van der Waals surface area contributed by atoms with Gasteiger partial charge in [0.1, 0.15) is 6.04 Å². The minimum absolute atomic E-state index is 0.0293. The predicted octanol–water partition coefficient (Wildman–Crippen LogP) is 2.04. The van der Waals surface area contributed by atoms with Crippen molar-refractivity contribution in [2.45, 2.75) is 109 Å². The summed E-state index contributed by atoms with van der Waals surface area (Å²) in [4.78, 5) is 74.5. The normalized spacial score (nSPS) is 18.7. The fourth-order valence-electron chi connectivity index (χ4n) is 8.02. The summed E-state index contributed by atoms with van der Waals surface area (Å²) in [5, 5.41) is 15.4. The number of amides is 4. The molecule has 13 heteroatoms. The fourth-order valence-corrected chi connectivity index (χ4v) is 8.02. The van der Waals surface area contributed by atoms with Crippen LogP contribution in [0.4, 0.5) is 0 Å². The van der Waals surface area contributed by atoms with Gasteiger partial charge in [0.25, 0.3) is 0 Å². The summed E-state index contributed by atoms with van der Waals surface area (Å²) in [6.45, 7) is 8.60. The first-order valence-electron chi connectivity index (χ1n) is 20.5. The Bertz CT molecular complexity index is 1540. The van der Waals surface area contributed by atoms with Crippen LogP contribution < -0.4 is 22.1 Å². The summed E-state index contributed by atoms with van der Waals surface area (Å²) >= 11 is 0. The number of piperidine rings is 1. The Kier molecular flexibility index (Phi) is 17.9. The molecule has 0 aliphatic carbocycles. The van der Waals surface area contributed by atoms with Gasteiger partial charge in [-0.1, -0.05) is 81.4 Å². The molecule has 5 rings (SSSR count). The van der Waals surface area contributed by atoms with E-state index in [1.807, 2.05) is 86.3 Å². The van der Waals surface area contributed by atoms with Crippen LogP contribution in [0, 0.1) is 11.8 Å². The Balaban J connectivity index is 1.45. The standard InChI is InChI=1S/C43H65N7O6/c1-4-19-49(20-21-51)40(53)29-48-27-34-26-35(28-48)50(34)43(56)37(17-11-12-18-44)46-41(54)33(22-30(2)3)25-39(52)38(24-32-15-9-6-10-16-32)47-42(55)36(45)23-31-13-7-5-8-14-31/h5-10,13-16,30,33-38,51H,4,11-12,17-29,44-45H2,1-3H3,(H,46,54)(H,47,55). The number of ketones is 1. The topological polar surface area (TPSA) is 191 Å². The van der Waals surface area contributed by atoms with E-state index in [9.17, 15) is 29.1 Å². The minimum Gasteiger partial charge on any atom is -0.395 e. The van der Waals surface area contributed by atoms with Crippen molar-refractivity contribution in [3.05, 3.63) is 71.8 Å². The first-order valence-corrected chi connectivity index (χ1v) is 20.5. The van der Waals surface area contributed by atoms with E-state index in [1.54, 1.807) is 4.90 Å². The second-order valence-corrected chi connectivity index (χ2v) is 16.0. The van der Waals surface area contributed by atoms with Crippen molar-refractivity contribution in [2.75, 3.05) is 45.9 Å². The van der Waals surface area contributed by atoms with Gasteiger partial charge in [-0.25, -0.2) is 0 Å². The molecule has 3 heterocycles. The van der Waals surface area contributed by atoms with Gasteiger partial charge < -0.3 is 37.0 Å². The van der Waals surface area contributed by atoms with Crippen LogP contribution in [0.15, 0.2) is 60.7 Å². The number of carbonyl (C=O) groups is 5. The van der Waals surface area contributed by atoms with Crippen molar-refractivity contribution in [2.24, 2.45) is 23.3 Å². The molecule has 13 nitrogen and oxygen atoms in total. The lowest BCUT2D eigenvalue weighted by atomic mass is 9.85. The minimum atomic E-state index is -0.899. The van der Waals surface area contributed by atoms with Crippen molar-refractivity contribution < 1.29 is 29.1 Å². The van der Waals surface area contributed by atoms with Gasteiger partial charge in [-0.05, 0) is 75.0 Å². The number of rotatable bonds is 24.